The standard InChI is InChI=1S/C8H14N2O4S/c1-5(3-8(13)14)15-4-7(12)10-9-6(2)11/h5H,3-4H2,1-2H3,(H,9,11)(H,10,12)(H,13,14). The van der Waals surface area contributed by atoms with Gasteiger partial charge in [-0.1, -0.05) is 6.92 Å². The summed E-state index contributed by atoms with van der Waals surface area (Å²) in [6.07, 6.45) is 0.0120. The first-order chi connectivity index (χ1) is 6.91. The lowest BCUT2D eigenvalue weighted by molar-refractivity contribution is -0.136. The van der Waals surface area contributed by atoms with Crippen molar-refractivity contribution in [1.82, 2.24) is 10.9 Å². The third kappa shape index (κ3) is 9.07. The Bertz CT molecular complexity index is 257. The van der Waals surface area contributed by atoms with Crippen molar-refractivity contribution in [1.29, 1.82) is 0 Å². The molecule has 0 aromatic heterocycles. The third-order valence-electron chi connectivity index (χ3n) is 1.34. The Kier molecular flexibility index (Phi) is 6.52. The van der Waals surface area contributed by atoms with Crippen molar-refractivity contribution < 1.29 is 19.5 Å². The van der Waals surface area contributed by atoms with Crippen molar-refractivity contribution in [3.63, 3.8) is 0 Å². The molecular weight excluding hydrogens is 220 g/mol. The van der Waals surface area contributed by atoms with Gasteiger partial charge in [0, 0.05) is 12.2 Å². The van der Waals surface area contributed by atoms with E-state index in [-0.39, 0.29) is 29.2 Å². The predicted octanol–water partition coefficient (Wildman–Crippen LogP) is -0.250. The predicted molar refractivity (Wildman–Crippen MR) is 56.1 cm³/mol. The van der Waals surface area contributed by atoms with Crippen molar-refractivity contribution in [2.75, 3.05) is 5.75 Å². The molecular formula is C8H14N2O4S. The van der Waals surface area contributed by atoms with Crippen LogP contribution in [0.3, 0.4) is 0 Å². The highest BCUT2D eigenvalue weighted by atomic mass is 32.2. The van der Waals surface area contributed by atoms with Gasteiger partial charge in [0.1, 0.15) is 0 Å². The van der Waals surface area contributed by atoms with E-state index in [0.717, 1.165) is 0 Å². The first-order valence-corrected chi connectivity index (χ1v) is 5.35. The Morgan fingerprint density at radius 1 is 1.33 bits per heavy atom. The van der Waals surface area contributed by atoms with E-state index in [1.165, 1.54) is 18.7 Å². The number of carbonyl (C=O) groups is 3. The van der Waals surface area contributed by atoms with E-state index in [4.69, 9.17) is 5.11 Å². The van der Waals surface area contributed by atoms with Gasteiger partial charge in [0.2, 0.25) is 11.8 Å². The maximum atomic E-state index is 11.0. The fourth-order valence-corrected chi connectivity index (χ4v) is 1.49. The van der Waals surface area contributed by atoms with Gasteiger partial charge in [0.15, 0.2) is 0 Å². The molecule has 0 spiro atoms. The van der Waals surface area contributed by atoms with Crippen LogP contribution in [0.1, 0.15) is 20.3 Å². The fourth-order valence-electron chi connectivity index (χ4n) is 0.717. The molecule has 3 N–H and O–H groups in total. The lowest BCUT2D eigenvalue weighted by Crippen LogP contribution is -2.41. The molecule has 0 fully saturated rings. The highest BCUT2D eigenvalue weighted by molar-refractivity contribution is 8.00. The molecule has 0 rings (SSSR count). The van der Waals surface area contributed by atoms with E-state index < -0.39 is 5.97 Å². The van der Waals surface area contributed by atoms with Crippen LogP contribution in [0.4, 0.5) is 0 Å². The zero-order valence-corrected chi connectivity index (χ0v) is 9.39. The van der Waals surface area contributed by atoms with Crippen LogP contribution >= 0.6 is 11.8 Å². The lowest BCUT2D eigenvalue weighted by Gasteiger charge is -2.08. The lowest BCUT2D eigenvalue weighted by atomic mass is 10.3. The number of hydrogen-bond donors (Lipinski definition) is 3. The molecule has 0 radical (unpaired) electrons. The highest BCUT2D eigenvalue weighted by Gasteiger charge is 2.10. The SMILES string of the molecule is CC(=O)NNC(=O)CSC(C)CC(=O)O. The van der Waals surface area contributed by atoms with E-state index in [9.17, 15) is 14.4 Å². The van der Waals surface area contributed by atoms with Gasteiger partial charge in [0.25, 0.3) is 0 Å². The number of rotatable bonds is 5. The molecule has 0 aromatic carbocycles. The van der Waals surface area contributed by atoms with Crippen molar-refractivity contribution in [2.24, 2.45) is 0 Å². The molecule has 0 aliphatic rings. The van der Waals surface area contributed by atoms with Crippen LogP contribution in [0.25, 0.3) is 0 Å². The minimum atomic E-state index is -0.891. The Morgan fingerprint density at radius 3 is 2.40 bits per heavy atom. The zero-order chi connectivity index (χ0) is 11.8. The van der Waals surface area contributed by atoms with E-state index in [0.29, 0.717) is 0 Å². The van der Waals surface area contributed by atoms with Crippen LogP contribution in [0.15, 0.2) is 0 Å². The number of carboxylic acid groups (broad SMARTS) is 1. The fraction of sp³-hybridized carbons (Fsp3) is 0.625. The molecule has 0 bridgehead atoms. The van der Waals surface area contributed by atoms with Crippen molar-refractivity contribution in [3.8, 4) is 0 Å². The van der Waals surface area contributed by atoms with Gasteiger partial charge in [0.05, 0.1) is 12.2 Å². The van der Waals surface area contributed by atoms with Crippen molar-refractivity contribution >= 4 is 29.5 Å². The number of hydrazine groups is 1. The number of hydrogen-bond acceptors (Lipinski definition) is 4. The summed E-state index contributed by atoms with van der Waals surface area (Å²) in [6, 6.07) is 0. The van der Waals surface area contributed by atoms with E-state index in [1.807, 2.05) is 0 Å². The number of nitrogens with one attached hydrogen (secondary N) is 2. The highest BCUT2D eigenvalue weighted by Crippen LogP contribution is 2.12. The molecule has 86 valence electrons. The van der Waals surface area contributed by atoms with Crippen LogP contribution in [-0.2, 0) is 14.4 Å². The second kappa shape index (κ2) is 7.10. The average molecular weight is 234 g/mol. The topological polar surface area (TPSA) is 95.5 Å². The van der Waals surface area contributed by atoms with Gasteiger partial charge in [-0.3, -0.25) is 25.2 Å². The number of thioether (sulfide) groups is 1. The summed E-state index contributed by atoms with van der Waals surface area (Å²) in [5.74, 6) is -1.48. The number of amides is 2. The minimum absolute atomic E-state index is 0.0120. The maximum Gasteiger partial charge on any atom is 0.304 e. The van der Waals surface area contributed by atoms with Gasteiger partial charge in [-0.25, -0.2) is 0 Å². The van der Waals surface area contributed by atoms with E-state index in [1.54, 1.807) is 6.92 Å². The summed E-state index contributed by atoms with van der Waals surface area (Å²) in [7, 11) is 0. The largest absolute Gasteiger partial charge is 0.481 e. The summed E-state index contributed by atoms with van der Waals surface area (Å²) in [5.41, 5.74) is 4.33. The van der Waals surface area contributed by atoms with E-state index >= 15 is 0 Å². The summed E-state index contributed by atoms with van der Waals surface area (Å²) < 4.78 is 0. The molecule has 0 aliphatic heterocycles. The quantitative estimate of drug-likeness (QED) is 0.570. The van der Waals surface area contributed by atoms with Gasteiger partial charge < -0.3 is 5.11 Å². The first kappa shape index (κ1) is 13.8. The molecule has 0 aliphatic carbocycles. The molecule has 0 saturated carbocycles. The Morgan fingerprint density at radius 2 is 1.93 bits per heavy atom. The van der Waals surface area contributed by atoms with Crippen LogP contribution < -0.4 is 10.9 Å². The van der Waals surface area contributed by atoms with Crippen LogP contribution in [0.5, 0.6) is 0 Å². The summed E-state index contributed by atoms with van der Waals surface area (Å²) >= 11 is 1.22. The number of carboxylic acids is 1. The van der Waals surface area contributed by atoms with E-state index in [2.05, 4.69) is 10.9 Å². The zero-order valence-electron chi connectivity index (χ0n) is 8.57. The smallest absolute Gasteiger partial charge is 0.304 e. The van der Waals surface area contributed by atoms with Crippen LogP contribution in [0, 0.1) is 0 Å². The molecule has 1 atom stereocenters. The summed E-state index contributed by atoms with van der Waals surface area (Å²) in [6.45, 7) is 3.00. The Labute approximate surface area is 91.8 Å². The normalized spacial score (nSPS) is 11.6. The van der Waals surface area contributed by atoms with Crippen molar-refractivity contribution in [2.45, 2.75) is 25.5 Å². The summed E-state index contributed by atoms with van der Waals surface area (Å²) in [5, 5.41) is 8.32. The maximum absolute atomic E-state index is 11.0. The molecule has 1 unspecified atom stereocenters. The monoisotopic (exact) mass is 234 g/mol. The van der Waals surface area contributed by atoms with Gasteiger partial charge >= 0.3 is 5.97 Å². The van der Waals surface area contributed by atoms with Crippen LogP contribution in [0.2, 0.25) is 0 Å². The summed E-state index contributed by atoms with van der Waals surface area (Å²) in [4.78, 5) is 31.8. The molecule has 0 heterocycles. The minimum Gasteiger partial charge on any atom is -0.481 e. The molecule has 7 heteroatoms. The Balaban J connectivity index is 3.61. The molecule has 0 saturated heterocycles. The van der Waals surface area contributed by atoms with Gasteiger partial charge in [-0.05, 0) is 0 Å². The number of aliphatic carboxylic acids is 1. The van der Waals surface area contributed by atoms with Gasteiger partial charge in [-0.15, -0.1) is 11.8 Å². The molecule has 6 nitrogen and oxygen atoms in total. The average Bonchev–Trinajstić information content (AvgIpc) is 2.10. The van der Waals surface area contributed by atoms with Crippen LogP contribution in [-0.4, -0.2) is 33.9 Å². The number of carbonyl (C=O) groups excluding carboxylic acids is 2. The third-order valence-corrected chi connectivity index (χ3v) is 2.50. The second-order valence-corrected chi connectivity index (χ2v) is 4.38. The molecule has 0 aromatic rings. The molecule has 15 heavy (non-hydrogen) atoms. The van der Waals surface area contributed by atoms with Crippen molar-refractivity contribution in [3.05, 3.63) is 0 Å². The van der Waals surface area contributed by atoms with Gasteiger partial charge in [-0.2, -0.15) is 0 Å². The first-order valence-electron chi connectivity index (χ1n) is 4.30. The Hall–Kier alpha value is -1.24. The second-order valence-electron chi connectivity index (χ2n) is 2.95. The molecule has 2 amide bonds.